The summed E-state index contributed by atoms with van der Waals surface area (Å²) in [6.45, 7) is 3.75. The van der Waals surface area contributed by atoms with Crippen LogP contribution in [0, 0.1) is 6.92 Å². The maximum Gasteiger partial charge on any atom is 0.328 e. The summed E-state index contributed by atoms with van der Waals surface area (Å²) in [5.41, 5.74) is 1.77. The number of benzene rings is 1. The molecule has 0 radical (unpaired) electrons. The highest BCUT2D eigenvalue weighted by Gasteiger charge is 2.18. The number of carbonyl (C=O) groups excluding carboxylic acids is 1. The summed E-state index contributed by atoms with van der Waals surface area (Å²) in [4.78, 5) is 23.4. The number of nitrogens with one attached hydrogen (secondary N) is 1. The van der Waals surface area contributed by atoms with Crippen molar-refractivity contribution >= 4 is 40.9 Å². The van der Waals surface area contributed by atoms with Crippen molar-refractivity contribution in [1.82, 2.24) is 19.6 Å². The van der Waals surface area contributed by atoms with Gasteiger partial charge in [-0.2, -0.15) is 10.2 Å². The van der Waals surface area contributed by atoms with Crippen molar-refractivity contribution in [3.8, 4) is 0 Å². The molecule has 0 spiro atoms. The van der Waals surface area contributed by atoms with Gasteiger partial charge in [-0.3, -0.25) is 14.2 Å². The number of aryl methyl sites for hydroxylation is 1. The number of carboxylic acids is 1. The number of halogens is 2. The molecule has 3 rings (SSSR count). The average Bonchev–Trinajstić information content (AvgIpc) is 3.24. The molecule has 0 bridgehead atoms. The molecule has 8 nitrogen and oxygen atoms in total. The molecular formula is C18H17Cl2N5O3. The van der Waals surface area contributed by atoms with E-state index in [1.165, 1.54) is 23.9 Å². The number of nitrogens with zero attached hydrogens (tertiary/aromatic N) is 4. The van der Waals surface area contributed by atoms with Gasteiger partial charge in [0.05, 0.1) is 6.54 Å². The first kappa shape index (κ1) is 19.9. The van der Waals surface area contributed by atoms with Crippen LogP contribution in [0.15, 0.2) is 36.5 Å². The summed E-state index contributed by atoms with van der Waals surface area (Å²) < 4.78 is 2.92. The van der Waals surface area contributed by atoms with Gasteiger partial charge in [0.25, 0.3) is 5.91 Å². The molecule has 1 atom stereocenters. The Balaban J connectivity index is 1.72. The second kappa shape index (κ2) is 8.04. The lowest BCUT2D eigenvalue weighted by Gasteiger charge is -2.07. The number of anilines is 1. The number of hydrogen-bond donors (Lipinski definition) is 2. The Morgan fingerprint density at radius 3 is 2.64 bits per heavy atom. The van der Waals surface area contributed by atoms with E-state index in [1.807, 2.05) is 13.0 Å². The lowest BCUT2D eigenvalue weighted by atomic mass is 10.2. The molecule has 0 aliphatic rings. The lowest BCUT2D eigenvalue weighted by molar-refractivity contribution is -0.140. The van der Waals surface area contributed by atoms with Gasteiger partial charge in [0.1, 0.15) is 6.04 Å². The molecular weight excluding hydrogens is 405 g/mol. The van der Waals surface area contributed by atoms with Gasteiger partial charge in [0, 0.05) is 28.0 Å². The molecule has 0 fully saturated rings. The fourth-order valence-electron chi connectivity index (χ4n) is 2.51. The summed E-state index contributed by atoms with van der Waals surface area (Å²) in [6, 6.07) is 7.53. The van der Waals surface area contributed by atoms with Crippen molar-refractivity contribution in [3.63, 3.8) is 0 Å². The molecule has 1 aromatic carbocycles. The second-order valence-corrected chi connectivity index (χ2v) is 7.06. The predicted molar refractivity (Wildman–Crippen MR) is 105 cm³/mol. The quantitative estimate of drug-likeness (QED) is 0.632. The van der Waals surface area contributed by atoms with E-state index in [4.69, 9.17) is 28.3 Å². The predicted octanol–water partition coefficient (Wildman–Crippen LogP) is 3.64. The minimum atomic E-state index is -1.04. The molecule has 0 saturated carbocycles. The maximum atomic E-state index is 12.4. The summed E-state index contributed by atoms with van der Waals surface area (Å²) in [5, 5.41) is 21.1. The number of aliphatic carboxylic acids is 1. The van der Waals surface area contributed by atoms with E-state index in [2.05, 4.69) is 15.5 Å². The zero-order valence-electron chi connectivity index (χ0n) is 15.1. The highest BCUT2D eigenvalue weighted by atomic mass is 35.5. The summed E-state index contributed by atoms with van der Waals surface area (Å²) in [7, 11) is 0. The van der Waals surface area contributed by atoms with Crippen LogP contribution < -0.4 is 5.32 Å². The van der Waals surface area contributed by atoms with Gasteiger partial charge < -0.3 is 10.4 Å². The normalized spacial score (nSPS) is 12.0. The van der Waals surface area contributed by atoms with Crippen LogP contribution in [-0.2, 0) is 11.3 Å². The van der Waals surface area contributed by atoms with Crippen LogP contribution in [0.5, 0.6) is 0 Å². The van der Waals surface area contributed by atoms with Crippen LogP contribution in [0.1, 0.15) is 34.7 Å². The first-order valence-corrected chi connectivity index (χ1v) is 9.08. The van der Waals surface area contributed by atoms with Gasteiger partial charge in [-0.05, 0) is 37.6 Å². The van der Waals surface area contributed by atoms with E-state index < -0.39 is 17.9 Å². The highest BCUT2D eigenvalue weighted by Crippen LogP contribution is 2.22. The Kier molecular flexibility index (Phi) is 5.71. The zero-order valence-corrected chi connectivity index (χ0v) is 16.6. The van der Waals surface area contributed by atoms with Crippen molar-refractivity contribution in [2.75, 3.05) is 5.32 Å². The van der Waals surface area contributed by atoms with Crippen molar-refractivity contribution in [2.45, 2.75) is 26.4 Å². The smallest absolute Gasteiger partial charge is 0.328 e. The highest BCUT2D eigenvalue weighted by molar-refractivity contribution is 6.35. The molecule has 1 amide bonds. The van der Waals surface area contributed by atoms with E-state index in [0.29, 0.717) is 22.4 Å². The first-order chi connectivity index (χ1) is 13.2. The van der Waals surface area contributed by atoms with Crippen LogP contribution in [0.25, 0.3) is 0 Å². The average molecular weight is 422 g/mol. The molecule has 28 heavy (non-hydrogen) atoms. The Bertz CT molecular complexity index is 1040. The summed E-state index contributed by atoms with van der Waals surface area (Å²) in [6.07, 6.45) is 1.44. The minimum absolute atomic E-state index is 0.0982. The summed E-state index contributed by atoms with van der Waals surface area (Å²) >= 11 is 12.1. The van der Waals surface area contributed by atoms with Gasteiger partial charge in [-0.1, -0.05) is 29.3 Å². The molecule has 2 aromatic heterocycles. The SMILES string of the molecule is Cc1cc(NC(=O)c2ccn(C(C)C(=O)O)n2)nn1Cc1ccc(Cl)cc1Cl. The fraction of sp³-hybridized carbons (Fsp3) is 0.222. The lowest BCUT2D eigenvalue weighted by Crippen LogP contribution is -2.18. The number of carboxylic acid groups (broad SMARTS) is 1. The third-order valence-corrected chi connectivity index (χ3v) is 4.74. The molecule has 1 unspecified atom stereocenters. The molecule has 2 N–H and O–H groups in total. The largest absolute Gasteiger partial charge is 0.480 e. The van der Waals surface area contributed by atoms with Crippen molar-refractivity contribution < 1.29 is 14.7 Å². The number of aromatic nitrogens is 4. The van der Waals surface area contributed by atoms with E-state index in [0.717, 1.165) is 11.3 Å². The number of rotatable bonds is 6. The first-order valence-electron chi connectivity index (χ1n) is 8.32. The Hall–Kier alpha value is -2.84. The molecule has 0 aliphatic heterocycles. The van der Waals surface area contributed by atoms with Gasteiger partial charge in [0.2, 0.25) is 0 Å². The summed E-state index contributed by atoms with van der Waals surface area (Å²) in [5.74, 6) is -1.16. The Labute approximate surface area is 170 Å². The van der Waals surface area contributed by atoms with Gasteiger partial charge in [-0.25, -0.2) is 4.79 Å². The third kappa shape index (κ3) is 4.35. The third-order valence-electron chi connectivity index (χ3n) is 4.15. The standard InChI is InChI=1S/C18H17Cl2N5O3/c1-10-7-16(23-25(10)9-12-3-4-13(19)8-14(12)20)21-17(26)15-5-6-24(22-15)11(2)18(27)28/h3-8,11H,9H2,1-2H3,(H,27,28)(H,21,23,26). The minimum Gasteiger partial charge on any atom is -0.480 e. The van der Waals surface area contributed by atoms with Crippen molar-refractivity contribution in [3.05, 3.63) is 63.5 Å². The fourth-order valence-corrected chi connectivity index (χ4v) is 2.98. The number of hydrogen-bond acceptors (Lipinski definition) is 4. The molecule has 2 heterocycles. The number of carbonyl (C=O) groups is 2. The Morgan fingerprint density at radius 1 is 1.21 bits per heavy atom. The topological polar surface area (TPSA) is 102 Å². The van der Waals surface area contributed by atoms with Crippen molar-refractivity contribution in [1.29, 1.82) is 0 Å². The van der Waals surface area contributed by atoms with Crippen LogP contribution in [0.4, 0.5) is 5.82 Å². The molecule has 146 valence electrons. The van der Waals surface area contributed by atoms with Crippen LogP contribution >= 0.6 is 23.2 Å². The number of amides is 1. The monoisotopic (exact) mass is 421 g/mol. The van der Waals surface area contributed by atoms with Gasteiger partial charge in [-0.15, -0.1) is 0 Å². The van der Waals surface area contributed by atoms with Gasteiger partial charge >= 0.3 is 5.97 Å². The second-order valence-electron chi connectivity index (χ2n) is 6.21. The van der Waals surface area contributed by atoms with Crippen LogP contribution in [-0.4, -0.2) is 36.5 Å². The van der Waals surface area contributed by atoms with Crippen LogP contribution in [0.3, 0.4) is 0 Å². The van der Waals surface area contributed by atoms with Crippen LogP contribution in [0.2, 0.25) is 10.0 Å². The van der Waals surface area contributed by atoms with E-state index in [-0.39, 0.29) is 5.69 Å². The van der Waals surface area contributed by atoms with E-state index >= 15 is 0 Å². The molecule has 0 aliphatic carbocycles. The van der Waals surface area contributed by atoms with E-state index in [1.54, 1.807) is 22.9 Å². The Morgan fingerprint density at radius 2 is 1.96 bits per heavy atom. The maximum absolute atomic E-state index is 12.4. The molecule has 0 saturated heterocycles. The molecule has 3 aromatic rings. The van der Waals surface area contributed by atoms with E-state index in [9.17, 15) is 9.59 Å². The zero-order chi connectivity index (χ0) is 20.4. The van der Waals surface area contributed by atoms with Crippen molar-refractivity contribution in [2.24, 2.45) is 0 Å². The van der Waals surface area contributed by atoms with Gasteiger partial charge in [0.15, 0.2) is 11.5 Å². The molecule has 10 heteroatoms.